The van der Waals surface area contributed by atoms with Gasteiger partial charge in [0, 0.05) is 0 Å². The number of ketones is 1. The molecular formula is C16H10Cl2O4. The predicted molar refractivity (Wildman–Crippen MR) is 84.9 cm³/mol. The van der Waals surface area contributed by atoms with Gasteiger partial charge < -0.3 is 10.2 Å². The summed E-state index contributed by atoms with van der Waals surface area (Å²) in [5.74, 6) is -2.38. The Bertz CT molecular complexity index is 782. The number of carbonyl (C=O) groups is 2. The van der Waals surface area contributed by atoms with Crippen LogP contribution in [0, 0.1) is 0 Å². The molecule has 6 heteroatoms. The molecule has 0 heterocycles. The number of carboxylic acids is 1. The monoisotopic (exact) mass is 336 g/mol. The van der Waals surface area contributed by atoms with Crippen molar-refractivity contribution >= 4 is 41.0 Å². The number of hydrogen-bond acceptors (Lipinski definition) is 3. The smallest absolute Gasteiger partial charge is 0.339 e. The van der Waals surface area contributed by atoms with Crippen LogP contribution in [0.15, 0.2) is 42.5 Å². The molecule has 0 aliphatic rings. The van der Waals surface area contributed by atoms with Gasteiger partial charge in [-0.15, -0.1) is 0 Å². The molecule has 112 valence electrons. The molecule has 0 saturated carbocycles. The average molecular weight is 337 g/mol. The third-order valence-corrected chi connectivity index (χ3v) is 3.64. The summed E-state index contributed by atoms with van der Waals surface area (Å²) in [7, 11) is 0. The molecule has 0 spiro atoms. The van der Waals surface area contributed by atoms with E-state index in [0.29, 0.717) is 15.6 Å². The molecule has 2 N–H and O–H groups in total. The zero-order chi connectivity index (χ0) is 16.3. The van der Waals surface area contributed by atoms with Crippen LogP contribution in [0.3, 0.4) is 0 Å². The fourth-order valence-electron chi connectivity index (χ4n) is 1.79. The summed E-state index contributed by atoms with van der Waals surface area (Å²) in [5, 5.41) is 19.5. The van der Waals surface area contributed by atoms with Gasteiger partial charge in [0.1, 0.15) is 11.3 Å². The van der Waals surface area contributed by atoms with Crippen LogP contribution in [0.4, 0.5) is 0 Å². The lowest BCUT2D eigenvalue weighted by atomic mass is 10.0. The number of aromatic carboxylic acids is 1. The Hall–Kier alpha value is -2.30. The van der Waals surface area contributed by atoms with E-state index in [1.165, 1.54) is 30.4 Å². The highest BCUT2D eigenvalue weighted by molar-refractivity contribution is 6.42. The molecule has 0 aliphatic carbocycles. The predicted octanol–water partition coefficient (Wildman–Crippen LogP) is 4.29. The highest BCUT2D eigenvalue weighted by Crippen LogP contribution is 2.25. The molecule has 0 radical (unpaired) electrons. The molecule has 2 aromatic rings. The number of allylic oxidation sites excluding steroid dienone is 1. The Morgan fingerprint density at radius 2 is 1.68 bits per heavy atom. The fourth-order valence-corrected chi connectivity index (χ4v) is 2.10. The average Bonchev–Trinajstić information content (AvgIpc) is 2.48. The number of hydrogen-bond donors (Lipinski definition) is 2. The van der Waals surface area contributed by atoms with Crippen molar-refractivity contribution in [2.75, 3.05) is 0 Å². The van der Waals surface area contributed by atoms with Gasteiger partial charge in [-0.05, 0) is 35.9 Å². The Labute approximate surface area is 136 Å². The van der Waals surface area contributed by atoms with Crippen molar-refractivity contribution in [2.45, 2.75) is 0 Å². The number of aromatic hydroxyl groups is 1. The van der Waals surface area contributed by atoms with Crippen molar-refractivity contribution < 1.29 is 19.8 Å². The Morgan fingerprint density at radius 3 is 2.32 bits per heavy atom. The van der Waals surface area contributed by atoms with Crippen molar-refractivity contribution in [1.82, 2.24) is 0 Å². The van der Waals surface area contributed by atoms with Gasteiger partial charge in [-0.1, -0.05) is 41.4 Å². The minimum Gasteiger partial charge on any atom is -0.506 e. The molecular weight excluding hydrogens is 327 g/mol. The summed E-state index contributed by atoms with van der Waals surface area (Å²) >= 11 is 11.7. The zero-order valence-corrected chi connectivity index (χ0v) is 12.6. The van der Waals surface area contributed by atoms with Gasteiger partial charge in [0.05, 0.1) is 15.6 Å². The molecule has 0 fully saturated rings. The second-order valence-corrected chi connectivity index (χ2v) is 5.19. The van der Waals surface area contributed by atoms with E-state index >= 15 is 0 Å². The van der Waals surface area contributed by atoms with Crippen LogP contribution in [-0.4, -0.2) is 22.0 Å². The van der Waals surface area contributed by atoms with E-state index in [2.05, 4.69) is 0 Å². The van der Waals surface area contributed by atoms with Gasteiger partial charge in [-0.25, -0.2) is 4.79 Å². The minimum absolute atomic E-state index is 0.0868. The van der Waals surface area contributed by atoms with Crippen LogP contribution in [0.5, 0.6) is 5.75 Å². The maximum Gasteiger partial charge on any atom is 0.339 e. The number of phenols is 1. The van der Waals surface area contributed by atoms with Crippen molar-refractivity contribution in [3.63, 3.8) is 0 Å². The number of carboxylic acid groups (broad SMARTS) is 1. The maximum atomic E-state index is 12.1. The molecule has 0 bridgehead atoms. The Morgan fingerprint density at radius 1 is 1.00 bits per heavy atom. The van der Waals surface area contributed by atoms with Crippen molar-refractivity contribution in [3.05, 3.63) is 69.2 Å². The van der Waals surface area contributed by atoms with E-state index in [1.54, 1.807) is 18.2 Å². The molecule has 0 atom stereocenters. The van der Waals surface area contributed by atoms with Crippen molar-refractivity contribution in [3.8, 4) is 5.75 Å². The molecule has 0 amide bonds. The van der Waals surface area contributed by atoms with Gasteiger partial charge >= 0.3 is 5.97 Å². The van der Waals surface area contributed by atoms with E-state index in [1.807, 2.05) is 0 Å². The molecule has 4 nitrogen and oxygen atoms in total. The van der Waals surface area contributed by atoms with Crippen LogP contribution in [0.1, 0.15) is 26.3 Å². The molecule has 0 aromatic heterocycles. The van der Waals surface area contributed by atoms with E-state index in [-0.39, 0.29) is 11.1 Å². The van der Waals surface area contributed by atoms with Gasteiger partial charge in [0.25, 0.3) is 0 Å². The first-order chi connectivity index (χ1) is 10.4. The molecule has 22 heavy (non-hydrogen) atoms. The summed E-state index contributed by atoms with van der Waals surface area (Å²) in [4.78, 5) is 23.0. The van der Waals surface area contributed by atoms with Crippen molar-refractivity contribution in [2.24, 2.45) is 0 Å². The first-order valence-electron chi connectivity index (χ1n) is 6.13. The van der Waals surface area contributed by atoms with Gasteiger partial charge in [0.15, 0.2) is 5.78 Å². The summed E-state index contributed by atoms with van der Waals surface area (Å²) < 4.78 is 0. The second kappa shape index (κ2) is 6.64. The Balaban J connectivity index is 2.29. The van der Waals surface area contributed by atoms with E-state index in [0.717, 1.165) is 0 Å². The van der Waals surface area contributed by atoms with Gasteiger partial charge in [0.2, 0.25) is 0 Å². The molecule has 2 rings (SSSR count). The Kier molecular flexibility index (Phi) is 4.85. The van der Waals surface area contributed by atoms with Gasteiger partial charge in [-0.3, -0.25) is 4.79 Å². The highest BCUT2D eigenvalue weighted by Gasteiger charge is 2.16. The lowest BCUT2D eigenvalue weighted by Crippen LogP contribution is -2.02. The lowest BCUT2D eigenvalue weighted by molar-refractivity contribution is 0.0693. The molecule has 0 aliphatic heterocycles. The second-order valence-electron chi connectivity index (χ2n) is 4.38. The maximum absolute atomic E-state index is 12.1. The topological polar surface area (TPSA) is 74.6 Å². The van der Waals surface area contributed by atoms with E-state index < -0.39 is 17.5 Å². The number of para-hydroxylation sites is 1. The van der Waals surface area contributed by atoms with E-state index in [9.17, 15) is 14.7 Å². The summed E-state index contributed by atoms with van der Waals surface area (Å²) in [5.41, 5.74) is 0.238. The van der Waals surface area contributed by atoms with E-state index in [4.69, 9.17) is 28.3 Å². The third-order valence-electron chi connectivity index (χ3n) is 2.90. The lowest BCUT2D eigenvalue weighted by Gasteiger charge is -2.04. The van der Waals surface area contributed by atoms with Gasteiger partial charge in [-0.2, -0.15) is 0 Å². The summed E-state index contributed by atoms with van der Waals surface area (Å²) in [6.07, 6.45) is 2.72. The highest BCUT2D eigenvalue weighted by atomic mass is 35.5. The fraction of sp³-hybridized carbons (Fsp3) is 0. The number of rotatable bonds is 4. The first kappa shape index (κ1) is 16.1. The SMILES string of the molecule is O=C(O)c1cccc(C(=O)C=Cc2ccc(Cl)c(Cl)c2)c1O. The number of benzene rings is 2. The van der Waals surface area contributed by atoms with Crippen LogP contribution in [0.2, 0.25) is 10.0 Å². The normalized spacial score (nSPS) is 10.8. The molecule has 0 unspecified atom stereocenters. The van der Waals surface area contributed by atoms with Crippen LogP contribution in [0.25, 0.3) is 6.08 Å². The first-order valence-corrected chi connectivity index (χ1v) is 6.88. The third kappa shape index (κ3) is 3.47. The number of carbonyl (C=O) groups excluding carboxylic acids is 1. The van der Waals surface area contributed by atoms with Crippen LogP contribution in [-0.2, 0) is 0 Å². The molecule has 0 saturated heterocycles. The zero-order valence-electron chi connectivity index (χ0n) is 11.1. The minimum atomic E-state index is -1.30. The number of halogens is 2. The van der Waals surface area contributed by atoms with Crippen molar-refractivity contribution in [1.29, 1.82) is 0 Å². The largest absolute Gasteiger partial charge is 0.506 e. The summed E-state index contributed by atoms with van der Waals surface area (Å²) in [6.45, 7) is 0. The van der Waals surface area contributed by atoms with Crippen LogP contribution >= 0.6 is 23.2 Å². The standard InChI is InChI=1S/C16H10Cl2O4/c17-12-6-4-9(8-13(12)18)5-7-14(19)10-2-1-3-11(15(10)20)16(21)22/h1-8,20H,(H,21,22). The van der Waals surface area contributed by atoms with Crippen LogP contribution < -0.4 is 0 Å². The summed E-state index contributed by atoms with van der Waals surface area (Å²) in [6, 6.07) is 8.81. The molecule has 2 aromatic carbocycles. The quantitative estimate of drug-likeness (QED) is 0.645.